The van der Waals surface area contributed by atoms with Gasteiger partial charge < -0.3 is 15.2 Å². The smallest absolute Gasteiger partial charge is 0.303 e. The molecule has 2 rings (SSSR count). The lowest BCUT2D eigenvalue weighted by molar-refractivity contribution is -0.138. The number of aromatic nitrogens is 1. The molecule has 6 nitrogen and oxygen atoms in total. The van der Waals surface area contributed by atoms with Crippen molar-refractivity contribution in [2.24, 2.45) is 0 Å². The molecule has 0 saturated heterocycles. The summed E-state index contributed by atoms with van der Waals surface area (Å²) in [5, 5.41) is 13.4. The second kappa shape index (κ2) is 6.85. The van der Waals surface area contributed by atoms with Gasteiger partial charge in [-0.15, -0.1) is 11.3 Å². The normalized spacial score (nSPS) is 10.1. The predicted octanol–water partition coefficient (Wildman–Crippen LogP) is 2.62. The third-order valence-electron chi connectivity index (χ3n) is 2.70. The molecule has 1 aromatic carbocycles. The minimum atomic E-state index is -0.997. The number of carboxylic acid groups (broad SMARTS) is 1. The fourth-order valence-corrected chi connectivity index (χ4v) is 2.36. The Morgan fingerprint density at radius 3 is 2.62 bits per heavy atom. The molecule has 7 heteroatoms. The standard InChI is InChI=1S/C14H14N2O4S/c1-20-10-4-2-9(3-5-10)11-8-21-14(15-11)16-12(17)6-7-13(18)19/h2-5,8H,6-7H2,1H3,(H,18,19)(H,15,16,17). The molecule has 2 aromatic rings. The molecule has 21 heavy (non-hydrogen) atoms. The minimum absolute atomic E-state index is 0.0627. The first kappa shape index (κ1) is 15.0. The summed E-state index contributed by atoms with van der Waals surface area (Å²) in [6.45, 7) is 0. The quantitative estimate of drug-likeness (QED) is 0.856. The number of anilines is 1. The fraction of sp³-hybridized carbons (Fsp3) is 0.214. The maximum absolute atomic E-state index is 11.5. The van der Waals surface area contributed by atoms with Crippen LogP contribution in [0.4, 0.5) is 5.13 Å². The highest BCUT2D eigenvalue weighted by atomic mass is 32.1. The van der Waals surface area contributed by atoms with Gasteiger partial charge in [-0.1, -0.05) is 0 Å². The van der Waals surface area contributed by atoms with Crippen LogP contribution in [-0.4, -0.2) is 29.1 Å². The number of carbonyl (C=O) groups is 2. The van der Waals surface area contributed by atoms with E-state index in [0.29, 0.717) is 5.13 Å². The molecule has 0 aliphatic heterocycles. The van der Waals surface area contributed by atoms with Gasteiger partial charge >= 0.3 is 5.97 Å². The second-order valence-corrected chi connectivity index (χ2v) is 5.07. The van der Waals surface area contributed by atoms with Gasteiger partial charge in [0.15, 0.2) is 5.13 Å². The van der Waals surface area contributed by atoms with E-state index in [1.807, 2.05) is 29.6 Å². The molecule has 0 aliphatic rings. The van der Waals surface area contributed by atoms with Crippen LogP contribution in [0.1, 0.15) is 12.8 Å². The van der Waals surface area contributed by atoms with E-state index in [-0.39, 0.29) is 18.7 Å². The van der Waals surface area contributed by atoms with E-state index in [9.17, 15) is 9.59 Å². The van der Waals surface area contributed by atoms with Gasteiger partial charge in [0, 0.05) is 17.4 Å². The van der Waals surface area contributed by atoms with Gasteiger partial charge in [0.05, 0.1) is 19.2 Å². The molecule has 0 unspecified atom stereocenters. The number of benzene rings is 1. The summed E-state index contributed by atoms with van der Waals surface area (Å²) in [5.41, 5.74) is 1.66. The van der Waals surface area contributed by atoms with Crippen LogP contribution in [0.25, 0.3) is 11.3 Å². The average Bonchev–Trinajstić information content (AvgIpc) is 2.93. The summed E-state index contributed by atoms with van der Waals surface area (Å²) in [6, 6.07) is 7.42. The Balaban J connectivity index is 2.00. The molecule has 0 fully saturated rings. The van der Waals surface area contributed by atoms with Crippen LogP contribution in [0.3, 0.4) is 0 Å². The number of ether oxygens (including phenoxy) is 1. The number of hydrogen-bond donors (Lipinski definition) is 2. The molecule has 1 heterocycles. The van der Waals surface area contributed by atoms with Crippen LogP contribution in [0, 0.1) is 0 Å². The Hall–Kier alpha value is -2.41. The summed E-state index contributed by atoms with van der Waals surface area (Å²) >= 11 is 1.30. The number of carbonyl (C=O) groups excluding carboxylic acids is 1. The summed E-state index contributed by atoms with van der Waals surface area (Å²) in [5.74, 6) is -0.590. The van der Waals surface area contributed by atoms with Crippen LogP contribution in [0.15, 0.2) is 29.6 Å². The monoisotopic (exact) mass is 306 g/mol. The largest absolute Gasteiger partial charge is 0.497 e. The zero-order valence-corrected chi connectivity index (χ0v) is 12.1. The first-order valence-corrected chi connectivity index (χ1v) is 7.08. The number of hydrogen-bond acceptors (Lipinski definition) is 5. The lowest BCUT2D eigenvalue weighted by Gasteiger charge is -2.01. The molecule has 1 amide bonds. The zero-order chi connectivity index (χ0) is 15.2. The number of nitrogens with zero attached hydrogens (tertiary/aromatic N) is 1. The topological polar surface area (TPSA) is 88.5 Å². The van der Waals surface area contributed by atoms with Crippen molar-refractivity contribution in [2.45, 2.75) is 12.8 Å². The van der Waals surface area contributed by atoms with E-state index >= 15 is 0 Å². The van der Waals surface area contributed by atoms with E-state index in [1.165, 1.54) is 11.3 Å². The number of aliphatic carboxylic acids is 1. The Kier molecular flexibility index (Phi) is 4.89. The molecule has 0 spiro atoms. The van der Waals surface area contributed by atoms with E-state index in [0.717, 1.165) is 17.0 Å². The lowest BCUT2D eigenvalue weighted by atomic mass is 10.2. The summed E-state index contributed by atoms with van der Waals surface area (Å²) < 4.78 is 5.09. The average molecular weight is 306 g/mol. The second-order valence-electron chi connectivity index (χ2n) is 4.21. The van der Waals surface area contributed by atoms with Crippen LogP contribution in [0.2, 0.25) is 0 Å². The first-order chi connectivity index (χ1) is 10.1. The van der Waals surface area contributed by atoms with Gasteiger partial charge in [-0.2, -0.15) is 0 Å². The Morgan fingerprint density at radius 1 is 1.29 bits per heavy atom. The molecule has 0 radical (unpaired) electrons. The van der Waals surface area contributed by atoms with Crippen molar-refractivity contribution < 1.29 is 19.4 Å². The molecule has 1 aromatic heterocycles. The highest BCUT2D eigenvalue weighted by molar-refractivity contribution is 7.14. The van der Waals surface area contributed by atoms with Crippen LogP contribution < -0.4 is 10.1 Å². The highest BCUT2D eigenvalue weighted by Crippen LogP contribution is 2.26. The minimum Gasteiger partial charge on any atom is -0.497 e. The van der Waals surface area contributed by atoms with Gasteiger partial charge in [0.1, 0.15) is 5.75 Å². The van der Waals surface area contributed by atoms with Crippen LogP contribution >= 0.6 is 11.3 Å². The van der Waals surface area contributed by atoms with Gasteiger partial charge in [-0.3, -0.25) is 9.59 Å². The molecule has 0 atom stereocenters. The Labute approximate surface area is 125 Å². The molecular weight excluding hydrogens is 292 g/mol. The van der Waals surface area contributed by atoms with Gasteiger partial charge in [-0.25, -0.2) is 4.98 Å². The SMILES string of the molecule is COc1ccc(-c2csc(NC(=O)CCC(=O)O)n2)cc1. The third kappa shape index (κ3) is 4.28. The van der Waals surface area contributed by atoms with E-state index in [1.54, 1.807) is 7.11 Å². The van der Waals surface area contributed by atoms with Crippen molar-refractivity contribution in [1.29, 1.82) is 0 Å². The van der Waals surface area contributed by atoms with Gasteiger partial charge in [0.25, 0.3) is 0 Å². The predicted molar refractivity (Wildman–Crippen MR) is 79.6 cm³/mol. The van der Waals surface area contributed by atoms with Crippen molar-refractivity contribution in [2.75, 3.05) is 12.4 Å². The maximum Gasteiger partial charge on any atom is 0.303 e. The van der Waals surface area contributed by atoms with Crippen molar-refractivity contribution >= 4 is 28.3 Å². The van der Waals surface area contributed by atoms with Crippen LogP contribution in [-0.2, 0) is 9.59 Å². The van der Waals surface area contributed by atoms with Crippen molar-refractivity contribution in [3.8, 4) is 17.0 Å². The number of amides is 1. The van der Waals surface area contributed by atoms with E-state index in [2.05, 4.69) is 10.3 Å². The Morgan fingerprint density at radius 2 is 2.00 bits per heavy atom. The third-order valence-corrected chi connectivity index (χ3v) is 3.46. The number of methoxy groups -OCH3 is 1. The highest BCUT2D eigenvalue weighted by Gasteiger charge is 2.09. The maximum atomic E-state index is 11.5. The summed E-state index contributed by atoms with van der Waals surface area (Å²) in [6.07, 6.45) is -0.255. The number of carboxylic acids is 1. The van der Waals surface area contributed by atoms with E-state index in [4.69, 9.17) is 9.84 Å². The van der Waals surface area contributed by atoms with E-state index < -0.39 is 5.97 Å². The summed E-state index contributed by atoms with van der Waals surface area (Å²) in [7, 11) is 1.60. The van der Waals surface area contributed by atoms with Gasteiger partial charge in [0.2, 0.25) is 5.91 Å². The molecule has 0 saturated carbocycles. The van der Waals surface area contributed by atoms with Crippen molar-refractivity contribution in [3.63, 3.8) is 0 Å². The lowest BCUT2D eigenvalue weighted by Crippen LogP contribution is -2.12. The molecule has 0 aliphatic carbocycles. The Bertz CT molecular complexity index is 637. The fourth-order valence-electron chi connectivity index (χ4n) is 1.63. The van der Waals surface area contributed by atoms with Crippen molar-refractivity contribution in [1.82, 2.24) is 4.98 Å². The number of rotatable bonds is 6. The first-order valence-electron chi connectivity index (χ1n) is 6.20. The zero-order valence-electron chi connectivity index (χ0n) is 11.3. The van der Waals surface area contributed by atoms with Gasteiger partial charge in [-0.05, 0) is 24.3 Å². The molecular formula is C14H14N2O4S. The van der Waals surface area contributed by atoms with Crippen molar-refractivity contribution in [3.05, 3.63) is 29.6 Å². The van der Waals surface area contributed by atoms with Crippen LogP contribution in [0.5, 0.6) is 5.75 Å². The molecule has 0 bridgehead atoms. The molecule has 2 N–H and O–H groups in total. The number of thiazole rings is 1. The summed E-state index contributed by atoms with van der Waals surface area (Å²) in [4.78, 5) is 26.2. The number of nitrogens with one attached hydrogen (secondary N) is 1. The molecule has 110 valence electrons.